The number of carbonyl (C=O) groups is 1. The average molecular weight is 206 g/mol. The van der Waals surface area contributed by atoms with Crippen molar-refractivity contribution < 1.29 is 4.79 Å². The van der Waals surface area contributed by atoms with Crippen molar-refractivity contribution in [3.8, 4) is 0 Å². The van der Waals surface area contributed by atoms with E-state index in [-0.39, 0.29) is 5.91 Å². The van der Waals surface area contributed by atoms with Crippen molar-refractivity contribution in [1.82, 2.24) is 10.3 Å². The fourth-order valence-corrected chi connectivity index (χ4v) is 1.60. The SMILES string of the molecule is CNc1cncc(N2CCNC(=O)C2)c1. The lowest BCUT2D eigenvalue weighted by molar-refractivity contribution is -0.120. The lowest BCUT2D eigenvalue weighted by Crippen LogP contribution is -2.47. The van der Waals surface area contributed by atoms with E-state index in [2.05, 4.69) is 15.6 Å². The first-order valence-corrected chi connectivity index (χ1v) is 4.94. The second-order valence-corrected chi connectivity index (χ2v) is 3.45. The van der Waals surface area contributed by atoms with Crippen LogP contribution < -0.4 is 15.5 Å². The molecular formula is C10H14N4O. The smallest absolute Gasteiger partial charge is 0.239 e. The van der Waals surface area contributed by atoms with Gasteiger partial charge < -0.3 is 15.5 Å². The normalized spacial score (nSPS) is 16.1. The summed E-state index contributed by atoms with van der Waals surface area (Å²) in [5.74, 6) is 0.0658. The molecule has 0 atom stereocenters. The van der Waals surface area contributed by atoms with Gasteiger partial charge in [-0.3, -0.25) is 9.78 Å². The summed E-state index contributed by atoms with van der Waals surface area (Å²) in [5, 5.41) is 5.82. The zero-order valence-electron chi connectivity index (χ0n) is 8.66. The third-order valence-corrected chi connectivity index (χ3v) is 2.42. The summed E-state index contributed by atoms with van der Waals surface area (Å²) in [6.45, 7) is 1.94. The van der Waals surface area contributed by atoms with Crippen molar-refractivity contribution >= 4 is 17.3 Å². The van der Waals surface area contributed by atoms with Gasteiger partial charge in [0.15, 0.2) is 0 Å². The van der Waals surface area contributed by atoms with Crippen molar-refractivity contribution in [2.45, 2.75) is 0 Å². The van der Waals surface area contributed by atoms with E-state index in [1.807, 2.05) is 18.0 Å². The molecule has 0 spiro atoms. The van der Waals surface area contributed by atoms with Crippen LogP contribution in [-0.4, -0.2) is 37.6 Å². The highest BCUT2D eigenvalue weighted by Gasteiger charge is 2.16. The van der Waals surface area contributed by atoms with Gasteiger partial charge in [0.2, 0.25) is 5.91 Å². The second kappa shape index (κ2) is 4.16. The molecule has 1 amide bonds. The predicted molar refractivity (Wildman–Crippen MR) is 59.0 cm³/mol. The molecule has 1 fully saturated rings. The summed E-state index contributed by atoms with van der Waals surface area (Å²) >= 11 is 0. The van der Waals surface area contributed by atoms with E-state index in [0.717, 1.165) is 17.9 Å². The van der Waals surface area contributed by atoms with Gasteiger partial charge in [-0.2, -0.15) is 0 Å². The predicted octanol–water partition coefficient (Wildman–Crippen LogP) is 0.0595. The molecule has 0 saturated carbocycles. The Kier molecular flexibility index (Phi) is 2.71. The van der Waals surface area contributed by atoms with Gasteiger partial charge in [-0.25, -0.2) is 0 Å². The summed E-state index contributed by atoms with van der Waals surface area (Å²) < 4.78 is 0. The van der Waals surface area contributed by atoms with Gasteiger partial charge in [0.1, 0.15) is 0 Å². The molecule has 1 saturated heterocycles. The Labute approximate surface area is 88.5 Å². The van der Waals surface area contributed by atoms with E-state index in [4.69, 9.17) is 0 Å². The maximum Gasteiger partial charge on any atom is 0.239 e. The summed E-state index contributed by atoms with van der Waals surface area (Å²) in [6, 6.07) is 1.99. The summed E-state index contributed by atoms with van der Waals surface area (Å²) in [7, 11) is 1.85. The molecule has 0 bridgehead atoms. The van der Waals surface area contributed by atoms with E-state index in [0.29, 0.717) is 13.1 Å². The van der Waals surface area contributed by atoms with Crippen LogP contribution in [0.3, 0.4) is 0 Å². The first-order valence-electron chi connectivity index (χ1n) is 4.94. The molecule has 1 aromatic rings. The Morgan fingerprint density at radius 2 is 2.40 bits per heavy atom. The van der Waals surface area contributed by atoms with Crippen LogP contribution >= 0.6 is 0 Å². The van der Waals surface area contributed by atoms with Crippen LogP contribution in [0, 0.1) is 0 Å². The zero-order chi connectivity index (χ0) is 10.7. The summed E-state index contributed by atoms with van der Waals surface area (Å²) in [5.41, 5.74) is 1.94. The number of nitrogens with one attached hydrogen (secondary N) is 2. The van der Waals surface area contributed by atoms with Crippen LogP contribution in [0.2, 0.25) is 0 Å². The second-order valence-electron chi connectivity index (χ2n) is 3.45. The number of nitrogens with zero attached hydrogens (tertiary/aromatic N) is 2. The van der Waals surface area contributed by atoms with Gasteiger partial charge in [-0.05, 0) is 6.07 Å². The first-order chi connectivity index (χ1) is 7.29. The molecule has 0 radical (unpaired) electrons. The number of aromatic nitrogens is 1. The molecule has 1 aromatic heterocycles. The van der Waals surface area contributed by atoms with Gasteiger partial charge in [0.05, 0.1) is 30.3 Å². The molecule has 80 valence electrons. The molecule has 5 nitrogen and oxygen atoms in total. The quantitative estimate of drug-likeness (QED) is 0.718. The van der Waals surface area contributed by atoms with Gasteiger partial charge in [0.25, 0.3) is 0 Å². The molecule has 0 unspecified atom stereocenters. The van der Waals surface area contributed by atoms with Crippen LogP contribution in [0.25, 0.3) is 0 Å². The molecule has 2 rings (SSSR count). The van der Waals surface area contributed by atoms with E-state index in [1.165, 1.54) is 0 Å². The Hall–Kier alpha value is -1.78. The number of amides is 1. The Morgan fingerprint density at radius 1 is 1.53 bits per heavy atom. The van der Waals surface area contributed by atoms with Gasteiger partial charge in [-0.1, -0.05) is 0 Å². The molecule has 0 aliphatic carbocycles. The van der Waals surface area contributed by atoms with Gasteiger partial charge >= 0.3 is 0 Å². The Morgan fingerprint density at radius 3 is 3.13 bits per heavy atom. The minimum Gasteiger partial charge on any atom is -0.387 e. The molecule has 2 heterocycles. The molecule has 0 aromatic carbocycles. The van der Waals surface area contributed by atoms with E-state index in [1.54, 1.807) is 12.4 Å². The van der Waals surface area contributed by atoms with Crippen LogP contribution in [0.5, 0.6) is 0 Å². The summed E-state index contributed by atoms with van der Waals surface area (Å²) in [6.07, 6.45) is 3.53. The lowest BCUT2D eigenvalue weighted by atomic mass is 10.3. The molecular weight excluding hydrogens is 192 g/mol. The van der Waals surface area contributed by atoms with E-state index >= 15 is 0 Å². The fraction of sp³-hybridized carbons (Fsp3) is 0.400. The maximum absolute atomic E-state index is 11.2. The van der Waals surface area contributed by atoms with Crippen LogP contribution in [0.1, 0.15) is 0 Å². The summed E-state index contributed by atoms with van der Waals surface area (Å²) in [4.78, 5) is 17.4. The number of rotatable bonds is 2. The zero-order valence-corrected chi connectivity index (χ0v) is 8.66. The largest absolute Gasteiger partial charge is 0.387 e. The highest BCUT2D eigenvalue weighted by atomic mass is 16.2. The van der Waals surface area contributed by atoms with E-state index < -0.39 is 0 Å². The molecule has 2 N–H and O–H groups in total. The Balaban J connectivity index is 2.17. The average Bonchev–Trinajstić information content (AvgIpc) is 2.29. The molecule has 15 heavy (non-hydrogen) atoms. The van der Waals surface area contributed by atoms with E-state index in [9.17, 15) is 4.79 Å². The number of hydrogen-bond acceptors (Lipinski definition) is 4. The topological polar surface area (TPSA) is 57.3 Å². The lowest BCUT2D eigenvalue weighted by Gasteiger charge is -2.28. The maximum atomic E-state index is 11.2. The van der Waals surface area contributed by atoms with Crippen molar-refractivity contribution in [3.63, 3.8) is 0 Å². The number of pyridine rings is 1. The highest BCUT2D eigenvalue weighted by Crippen LogP contribution is 2.17. The van der Waals surface area contributed by atoms with Crippen molar-refractivity contribution in [3.05, 3.63) is 18.5 Å². The molecule has 1 aliphatic heterocycles. The molecule has 5 heteroatoms. The third kappa shape index (κ3) is 2.18. The highest BCUT2D eigenvalue weighted by molar-refractivity contribution is 5.82. The minimum absolute atomic E-state index is 0.0658. The number of anilines is 2. The number of piperazine rings is 1. The van der Waals surface area contributed by atoms with Crippen LogP contribution in [0.15, 0.2) is 18.5 Å². The van der Waals surface area contributed by atoms with Gasteiger partial charge in [-0.15, -0.1) is 0 Å². The van der Waals surface area contributed by atoms with Crippen molar-refractivity contribution in [2.24, 2.45) is 0 Å². The monoisotopic (exact) mass is 206 g/mol. The molecule has 1 aliphatic rings. The van der Waals surface area contributed by atoms with Gasteiger partial charge in [0, 0.05) is 20.1 Å². The van der Waals surface area contributed by atoms with Crippen molar-refractivity contribution in [2.75, 3.05) is 36.9 Å². The fourth-order valence-electron chi connectivity index (χ4n) is 1.60. The van der Waals surface area contributed by atoms with Crippen LogP contribution in [-0.2, 0) is 4.79 Å². The standard InChI is InChI=1S/C10H14N4O/c1-11-8-4-9(6-12-5-8)14-3-2-13-10(15)7-14/h4-6,11H,2-3,7H2,1H3,(H,13,15). The number of carbonyl (C=O) groups excluding carboxylic acids is 1. The number of hydrogen-bond donors (Lipinski definition) is 2. The van der Waals surface area contributed by atoms with Crippen LogP contribution in [0.4, 0.5) is 11.4 Å². The first kappa shape index (κ1) is 9.76. The third-order valence-electron chi connectivity index (χ3n) is 2.42. The Bertz CT molecular complexity index is 366. The minimum atomic E-state index is 0.0658. The van der Waals surface area contributed by atoms with Crippen molar-refractivity contribution in [1.29, 1.82) is 0 Å².